The summed E-state index contributed by atoms with van der Waals surface area (Å²) >= 11 is 0. The van der Waals surface area contributed by atoms with Gasteiger partial charge in [-0.1, -0.05) is 0 Å². The van der Waals surface area contributed by atoms with Gasteiger partial charge < -0.3 is 20.5 Å². The largest absolute Gasteiger partial charge is 0.465 e. The summed E-state index contributed by atoms with van der Waals surface area (Å²) in [4.78, 5) is 23.4. The Kier molecular flexibility index (Phi) is 7.31. The summed E-state index contributed by atoms with van der Waals surface area (Å²) in [6, 6.07) is 5.96. The molecule has 1 aromatic carbocycles. The number of ether oxygens (including phenoxy) is 2. The Balaban J connectivity index is 0.00000242. The van der Waals surface area contributed by atoms with Crippen molar-refractivity contribution in [2.24, 2.45) is 11.7 Å². The molecule has 1 atom stereocenters. The van der Waals surface area contributed by atoms with E-state index in [1.165, 1.54) is 7.11 Å². The van der Waals surface area contributed by atoms with E-state index in [0.29, 0.717) is 24.5 Å². The van der Waals surface area contributed by atoms with Gasteiger partial charge in [0.25, 0.3) is 0 Å². The number of carbonyl (C=O) groups is 2. The van der Waals surface area contributed by atoms with Crippen molar-refractivity contribution >= 4 is 30.0 Å². The van der Waals surface area contributed by atoms with Gasteiger partial charge in [0.1, 0.15) is 0 Å². The maximum absolute atomic E-state index is 12.1. The first-order valence-electron chi connectivity index (χ1n) is 6.94. The molecule has 1 unspecified atom stereocenters. The lowest BCUT2D eigenvalue weighted by Crippen LogP contribution is -2.44. The smallest absolute Gasteiger partial charge is 0.337 e. The van der Waals surface area contributed by atoms with Crippen LogP contribution in [-0.2, 0) is 14.3 Å². The Bertz CT molecular complexity index is 501. The second-order valence-electron chi connectivity index (χ2n) is 5.03. The summed E-state index contributed by atoms with van der Waals surface area (Å²) < 4.78 is 9.88. The van der Waals surface area contributed by atoms with Gasteiger partial charge >= 0.3 is 5.97 Å². The van der Waals surface area contributed by atoms with Crippen LogP contribution in [0.15, 0.2) is 24.3 Å². The Labute approximate surface area is 135 Å². The Morgan fingerprint density at radius 2 is 1.86 bits per heavy atom. The first-order valence-corrected chi connectivity index (χ1v) is 6.94. The van der Waals surface area contributed by atoms with Crippen LogP contribution in [0.3, 0.4) is 0 Å². The Hall–Kier alpha value is -1.63. The zero-order chi connectivity index (χ0) is 15.2. The molecule has 2 rings (SSSR count). The molecule has 3 N–H and O–H groups in total. The minimum Gasteiger partial charge on any atom is -0.465 e. The van der Waals surface area contributed by atoms with E-state index in [-0.39, 0.29) is 24.2 Å². The van der Waals surface area contributed by atoms with Crippen molar-refractivity contribution < 1.29 is 19.1 Å². The lowest BCUT2D eigenvalue weighted by Gasteiger charge is -2.26. The zero-order valence-electron chi connectivity index (χ0n) is 12.4. The van der Waals surface area contributed by atoms with E-state index >= 15 is 0 Å². The van der Waals surface area contributed by atoms with Gasteiger partial charge in [0.05, 0.1) is 18.7 Å². The number of halogens is 1. The standard InChI is InChI=1S/C15H20N2O4.ClH/c1-20-15(19)11-2-4-12(5-3-11)17-14(18)13(16)10-6-8-21-9-7-10;/h2-5,10,13H,6-9,16H2,1H3,(H,17,18);1H. The van der Waals surface area contributed by atoms with Crippen molar-refractivity contribution in [3.8, 4) is 0 Å². The normalized spacial score (nSPS) is 16.3. The van der Waals surface area contributed by atoms with Crippen LogP contribution in [0.1, 0.15) is 23.2 Å². The molecule has 1 aromatic rings. The molecule has 0 spiro atoms. The third kappa shape index (κ3) is 4.69. The van der Waals surface area contributed by atoms with Crippen molar-refractivity contribution in [2.75, 3.05) is 25.6 Å². The van der Waals surface area contributed by atoms with Crippen LogP contribution >= 0.6 is 12.4 Å². The van der Waals surface area contributed by atoms with Crippen molar-refractivity contribution in [1.29, 1.82) is 0 Å². The van der Waals surface area contributed by atoms with E-state index in [1.807, 2.05) is 0 Å². The molecule has 1 heterocycles. The lowest BCUT2D eigenvalue weighted by atomic mass is 9.92. The average Bonchev–Trinajstić information content (AvgIpc) is 2.55. The number of nitrogens with two attached hydrogens (primary N) is 1. The van der Waals surface area contributed by atoms with Gasteiger partial charge in [0, 0.05) is 18.9 Å². The second-order valence-corrected chi connectivity index (χ2v) is 5.03. The molecule has 0 aliphatic carbocycles. The summed E-state index contributed by atoms with van der Waals surface area (Å²) in [5, 5.41) is 2.77. The molecule has 0 bridgehead atoms. The summed E-state index contributed by atoms with van der Waals surface area (Å²) in [6.45, 7) is 1.30. The van der Waals surface area contributed by atoms with E-state index in [9.17, 15) is 9.59 Å². The average molecular weight is 329 g/mol. The van der Waals surface area contributed by atoms with Crippen molar-refractivity contribution in [3.63, 3.8) is 0 Å². The van der Waals surface area contributed by atoms with Crippen LogP contribution in [0.4, 0.5) is 5.69 Å². The van der Waals surface area contributed by atoms with Crippen molar-refractivity contribution in [2.45, 2.75) is 18.9 Å². The monoisotopic (exact) mass is 328 g/mol. The van der Waals surface area contributed by atoms with Crippen LogP contribution in [0.5, 0.6) is 0 Å². The van der Waals surface area contributed by atoms with Gasteiger partial charge in [0.2, 0.25) is 5.91 Å². The Morgan fingerprint density at radius 3 is 2.41 bits per heavy atom. The highest BCUT2D eigenvalue weighted by atomic mass is 35.5. The molecule has 1 fully saturated rings. The van der Waals surface area contributed by atoms with Gasteiger partial charge in [-0.2, -0.15) is 0 Å². The maximum atomic E-state index is 12.1. The molecule has 0 aromatic heterocycles. The van der Waals surface area contributed by atoms with Crippen LogP contribution in [0.2, 0.25) is 0 Å². The number of methoxy groups -OCH3 is 1. The predicted molar refractivity (Wildman–Crippen MR) is 85.2 cm³/mol. The third-order valence-electron chi connectivity index (χ3n) is 3.65. The molecule has 1 aliphatic rings. The fourth-order valence-corrected chi connectivity index (χ4v) is 2.32. The highest BCUT2D eigenvalue weighted by molar-refractivity contribution is 5.95. The van der Waals surface area contributed by atoms with Crippen molar-refractivity contribution in [3.05, 3.63) is 29.8 Å². The summed E-state index contributed by atoms with van der Waals surface area (Å²) in [7, 11) is 1.32. The number of esters is 1. The van der Waals surface area contributed by atoms with Crippen LogP contribution in [0, 0.1) is 5.92 Å². The number of hydrogen-bond acceptors (Lipinski definition) is 5. The summed E-state index contributed by atoms with van der Waals surface area (Å²) in [5.74, 6) is -0.479. The highest BCUT2D eigenvalue weighted by Gasteiger charge is 2.26. The molecule has 122 valence electrons. The first-order chi connectivity index (χ1) is 10.1. The molecule has 1 amide bonds. The quantitative estimate of drug-likeness (QED) is 0.819. The number of benzene rings is 1. The van der Waals surface area contributed by atoms with E-state index in [0.717, 1.165) is 12.8 Å². The van der Waals surface area contributed by atoms with Crippen LogP contribution in [0.25, 0.3) is 0 Å². The highest BCUT2D eigenvalue weighted by Crippen LogP contribution is 2.19. The third-order valence-corrected chi connectivity index (χ3v) is 3.65. The summed E-state index contributed by atoms with van der Waals surface area (Å²) in [5.41, 5.74) is 7.04. The van der Waals surface area contributed by atoms with Crippen LogP contribution < -0.4 is 11.1 Å². The van der Waals surface area contributed by atoms with Gasteiger partial charge in [0.15, 0.2) is 0 Å². The van der Waals surface area contributed by atoms with Crippen molar-refractivity contribution in [1.82, 2.24) is 0 Å². The number of nitrogens with one attached hydrogen (secondary N) is 1. The van der Waals surface area contributed by atoms with Crippen LogP contribution in [-0.4, -0.2) is 38.2 Å². The minimum atomic E-state index is -0.547. The molecular formula is C15H21ClN2O4. The molecular weight excluding hydrogens is 308 g/mol. The van der Waals surface area contributed by atoms with E-state index in [1.54, 1.807) is 24.3 Å². The summed E-state index contributed by atoms with van der Waals surface area (Å²) in [6.07, 6.45) is 1.60. The zero-order valence-corrected chi connectivity index (χ0v) is 13.2. The predicted octanol–water partition coefficient (Wildman–Crippen LogP) is 1.59. The number of amides is 1. The van der Waals surface area contributed by atoms with E-state index in [2.05, 4.69) is 10.1 Å². The molecule has 1 aliphatic heterocycles. The number of anilines is 1. The van der Waals surface area contributed by atoms with Gasteiger partial charge in [-0.3, -0.25) is 4.79 Å². The second kappa shape index (κ2) is 8.73. The number of hydrogen-bond donors (Lipinski definition) is 2. The SMILES string of the molecule is COC(=O)c1ccc(NC(=O)C(N)C2CCOCC2)cc1.Cl. The minimum absolute atomic E-state index is 0. The van der Waals surface area contributed by atoms with Gasteiger partial charge in [-0.05, 0) is 43.0 Å². The molecule has 6 nitrogen and oxygen atoms in total. The maximum Gasteiger partial charge on any atom is 0.337 e. The number of rotatable bonds is 4. The molecule has 7 heteroatoms. The topological polar surface area (TPSA) is 90.7 Å². The van der Waals surface area contributed by atoms with Gasteiger partial charge in [-0.15, -0.1) is 12.4 Å². The molecule has 22 heavy (non-hydrogen) atoms. The fraction of sp³-hybridized carbons (Fsp3) is 0.467. The first kappa shape index (κ1) is 18.4. The van der Waals surface area contributed by atoms with Gasteiger partial charge in [-0.25, -0.2) is 4.79 Å². The molecule has 0 radical (unpaired) electrons. The van der Waals surface area contributed by atoms with E-state index in [4.69, 9.17) is 10.5 Å². The fourth-order valence-electron chi connectivity index (χ4n) is 2.32. The molecule has 1 saturated heterocycles. The molecule has 0 saturated carbocycles. The number of carbonyl (C=O) groups excluding carboxylic acids is 2. The van der Waals surface area contributed by atoms with E-state index < -0.39 is 12.0 Å². The lowest BCUT2D eigenvalue weighted by molar-refractivity contribution is -0.119. The Morgan fingerprint density at radius 1 is 1.27 bits per heavy atom.